The summed E-state index contributed by atoms with van der Waals surface area (Å²) in [4.78, 5) is 25.9. The summed E-state index contributed by atoms with van der Waals surface area (Å²) in [6, 6.07) is 8.38. The van der Waals surface area contributed by atoms with Crippen LogP contribution in [0.25, 0.3) is 11.2 Å². The number of H-pyrrole nitrogens is 1. The Labute approximate surface area is 182 Å². The Hall–Kier alpha value is -2.63. The van der Waals surface area contributed by atoms with Crippen LogP contribution in [0.4, 0.5) is 5.95 Å². The molecule has 4 saturated carbocycles. The van der Waals surface area contributed by atoms with Crippen LogP contribution in [0, 0.1) is 24.7 Å². The van der Waals surface area contributed by atoms with E-state index in [-0.39, 0.29) is 11.0 Å². The number of nitrogens with one attached hydrogen (secondary N) is 2. The number of hydrogen-bond donors (Lipinski definition) is 2. The van der Waals surface area contributed by atoms with Crippen molar-refractivity contribution in [2.45, 2.75) is 70.9 Å². The van der Waals surface area contributed by atoms with Crippen molar-refractivity contribution in [1.29, 1.82) is 0 Å². The number of imidazole rings is 1. The summed E-state index contributed by atoms with van der Waals surface area (Å²) in [6.07, 6.45) is 7.57. The first-order valence-electron chi connectivity index (χ1n) is 11.9. The molecule has 1 aromatic carbocycles. The van der Waals surface area contributed by atoms with E-state index in [0.29, 0.717) is 23.7 Å². The third-order valence-corrected chi connectivity index (χ3v) is 8.08. The van der Waals surface area contributed by atoms with E-state index >= 15 is 0 Å². The zero-order chi connectivity index (χ0) is 21.2. The topological polar surface area (TPSA) is 75.6 Å². The lowest BCUT2D eigenvalue weighted by molar-refractivity contribution is 0.258. The molecule has 4 aliphatic carbocycles. The van der Waals surface area contributed by atoms with Crippen molar-refractivity contribution in [1.82, 2.24) is 19.5 Å². The molecule has 0 saturated heterocycles. The van der Waals surface area contributed by atoms with Crippen molar-refractivity contribution in [3.8, 4) is 0 Å². The molecule has 3 aromatic rings. The lowest BCUT2D eigenvalue weighted by Gasteiger charge is -2.32. The second-order valence-electron chi connectivity index (χ2n) is 10.2. The van der Waals surface area contributed by atoms with E-state index in [1.807, 2.05) is 0 Å². The highest BCUT2D eigenvalue weighted by Crippen LogP contribution is 2.65. The fourth-order valence-corrected chi connectivity index (χ4v) is 7.00. The van der Waals surface area contributed by atoms with E-state index in [1.165, 1.54) is 37.7 Å². The van der Waals surface area contributed by atoms with Crippen molar-refractivity contribution in [3.05, 3.63) is 51.6 Å². The quantitative estimate of drug-likeness (QED) is 0.618. The smallest absolute Gasteiger partial charge is 0.278 e. The van der Waals surface area contributed by atoms with Crippen molar-refractivity contribution in [2.24, 2.45) is 17.8 Å². The van der Waals surface area contributed by atoms with E-state index in [0.717, 1.165) is 42.1 Å². The maximum Gasteiger partial charge on any atom is 0.278 e. The van der Waals surface area contributed by atoms with Crippen LogP contribution in [0.2, 0.25) is 0 Å². The molecule has 6 nitrogen and oxygen atoms in total. The van der Waals surface area contributed by atoms with Gasteiger partial charge in [-0.3, -0.25) is 9.78 Å². The van der Waals surface area contributed by atoms with E-state index in [9.17, 15) is 4.79 Å². The highest BCUT2D eigenvalue weighted by molar-refractivity contribution is 5.72. The number of nitrogens with zero attached hydrogens (tertiary/aromatic N) is 3. The minimum Gasteiger partial charge on any atom is -0.352 e. The maximum atomic E-state index is 13.1. The molecule has 0 radical (unpaired) electrons. The average Bonchev–Trinajstić information content (AvgIpc) is 3.32. The number of aromatic nitrogens is 4. The van der Waals surface area contributed by atoms with Crippen LogP contribution in [0.15, 0.2) is 29.1 Å². The largest absolute Gasteiger partial charge is 0.352 e. The Morgan fingerprint density at radius 3 is 2.58 bits per heavy atom. The van der Waals surface area contributed by atoms with Gasteiger partial charge in [0.25, 0.3) is 5.56 Å². The molecule has 6 heteroatoms. The molecule has 2 heterocycles. The van der Waals surface area contributed by atoms with Crippen molar-refractivity contribution in [3.63, 3.8) is 0 Å². The summed E-state index contributed by atoms with van der Waals surface area (Å²) in [7, 11) is 0. The van der Waals surface area contributed by atoms with E-state index < -0.39 is 0 Å². The van der Waals surface area contributed by atoms with Gasteiger partial charge in [0.2, 0.25) is 5.95 Å². The lowest BCUT2D eigenvalue weighted by Crippen LogP contribution is -2.32. The van der Waals surface area contributed by atoms with Gasteiger partial charge in [-0.25, -0.2) is 4.98 Å². The molecule has 2 N–H and O–H groups in total. The summed E-state index contributed by atoms with van der Waals surface area (Å²) in [5.74, 6) is 4.09. The summed E-state index contributed by atoms with van der Waals surface area (Å²) in [5, 5.41) is 3.29. The molecular formula is C25H31N5O. The number of rotatable bonds is 6. The Bertz CT molecular complexity index is 1180. The minimum atomic E-state index is -0.0855. The van der Waals surface area contributed by atoms with Crippen LogP contribution in [-0.4, -0.2) is 19.5 Å². The molecule has 162 valence electrons. The molecule has 4 fully saturated rings. The monoisotopic (exact) mass is 417 g/mol. The van der Waals surface area contributed by atoms with Gasteiger partial charge >= 0.3 is 0 Å². The first-order chi connectivity index (χ1) is 15.1. The summed E-state index contributed by atoms with van der Waals surface area (Å²) >= 11 is 0. The van der Waals surface area contributed by atoms with Gasteiger partial charge in [0.15, 0.2) is 11.2 Å². The predicted octanol–water partition coefficient (Wildman–Crippen LogP) is 4.53. The number of benzene rings is 1. The fraction of sp³-hybridized carbons (Fsp3) is 0.560. The first-order valence-corrected chi connectivity index (χ1v) is 11.9. The van der Waals surface area contributed by atoms with Gasteiger partial charge in [-0.05, 0) is 68.8 Å². The molecule has 2 unspecified atom stereocenters. The Morgan fingerprint density at radius 2 is 1.87 bits per heavy atom. The fourth-order valence-electron chi connectivity index (χ4n) is 7.00. The van der Waals surface area contributed by atoms with Gasteiger partial charge in [-0.15, -0.1) is 0 Å². The van der Waals surface area contributed by atoms with Gasteiger partial charge in [-0.2, -0.15) is 4.98 Å². The second kappa shape index (κ2) is 6.94. The van der Waals surface area contributed by atoms with Crippen LogP contribution in [0.1, 0.15) is 62.4 Å². The maximum absolute atomic E-state index is 13.1. The standard InChI is InChI=1S/C25H31N5O/c1-3-8-30-20-21(27-23(30)25-12-17-9-18(13-25)11-19(25)10-17)28-24(29-22(20)31)26-14-16-6-4-15(2)5-7-16/h4-7,17-19H,3,8-14H2,1-2H3,(H2,26,28,29,31). The summed E-state index contributed by atoms with van der Waals surface area (Å²) < 4.78 is 2.22. The van der Waals surface area contributed by atoms with Gasteiger partial charge in [0.1, 0.15) is 5.82 Å². The summed E-state index contributed by atoms with van der Waals surface area (Å²) in [5.41, 5.74) is 3.73. The highest BCUT2D eigenvalue weighted by atomic mass is 16.1. The molecule has 4 bridgehead atoms. The van der Waals surface area contributed by atoms with E-state index in [4.69, 9.17) is 9.97 Å². The molecule has 0 aliphatic heterocycles. The highest BCUT2D eigenvalue weighted by Gasteiger charge is 2.60. The van der Waals surface area contributed by atoms with Gasteiger partial charge < -0.3 is 9.88 Å². The third-order valence-electron chi connectivity index (χ3n) is 8.08. The van der Waals surface area contributed by atoms with E-state index in [1.54, 1.807) is 0 Å². The first kappa shape index (κ1) is 19.1. The van der Waals surface area contributed by atoms with Crippen LogP contribution in [-0.2, 0) is 18.5 Å². The van der Waals surface area contributed by atoms with E-state index in [2.05, 4.69) is 53.0 Å². The number of aryl methyl sites for hydroxylation is 2. The molecule has 0 amide bonds. The van der Waals surface area contributed by atoms with Gasteiger partial charge in [0.05, 0.1) is 0 Å². The normalized spacial score (nSPS) is 28.6. The van der Waals surface area contributed by atoms with Crippen LogP contribution >= 0.6 is 0 Å². The predicted molar refractivity (Wildman–Crippen MR) is 122 cm³/mol. The van der Waals surface area contributed by atoms with Crippen molar-refractivity contribution in [2.75, 3.05) is 5.32 Å². The third kappa shape index (κ3) is 2.94. The Morgan fingerprint density at radius 1 is 1.13 bits per heavy atom. The van der Waals surface area contributed by atoms with Gasteiger partial charge in [-0.1, -0.05) is 36.8 Å². The molecule has 7 rings (SSSR count). The Balaban J connectivity index is 1.39. The van der Waals surface area contributed by atoms with Crippen LogP contribution < -0.4 is 10.9 Å². The number of hydrogen-bond acceptors (Lipinski definition) is 4. The molecule has 2 atom stereocenters. The number of fused-ring (bicyclic) bond motifs is 1. The van der Waals surface area contributed by atoms with Crippen molar-refractivity contribution >= 4 is 17.1 Å². The second-order valence-corrected chi connectivity index (χ2v) is 10.2. The minimum absolute atomic E-state index is 0.0855. The SMILES string of the molecule is CCCn1c(C23CC4CC(CC2C4)C3)nc2nc(NCc3ccc(C)cc3)[nH]c(=O)c21. The summed E-state index contributed by atoms with van der Waals surface area (Å²) in [6.45, 7) is 5.70. The molecular weight excluding hydrogens is 386 g/mol. The zero-order valence-corrected chi connectivity index (χ0v) is 18.4. The van der Waals surface area contributed by atoms with Crippen LogP contribution in [0.3, 0.4) is 0 Å². The average molecular weight is 418 g/mol. The Kier molecular flexibility index (Phi) is 4.27. The van der Waals surface area contributed by atoms with Crippen LogP contribution in [0.5, 0.6) is 0 Å². The number of anilines is 1. The number of aromatic amines is 1. The van der Waals surface area contributed by atoms with Gasteiger partial charge in [0, 0.05) is 18.5 Å². The zero-order valence-electron chi connectivity index (χ0n) is 18.4. The lowest BCUT2D eigenvalue weighted by atomic mass is 9.75. The molecule has 31 heavy (non-hydrogen) atoms. The molecule has 0 spiro atoms. The molecule has 2 aromatic heterocycles. The molecule has 4 aliphatic rings. The van der Waals surface area contributed by atoms with Crippen molar-refractivity contribution < 1.29 is 0 Å².